The maximum atomic E-state index is 12.9. The minimum atomic E-state index is -3.60. The van der Waals surface area contributed by atoms with Crippen molar-refractivity contribution in [2.75, 3.05) is 24.7 Å². The van der Waals surface area contributed by atoms with Gasteiger partial charge in [0, 0.05) is 28.1 Å². The predicted octanol–water partition coefficient (Wildman–Crippen LogP) is 4.21. The molecule has 1 atom stereocenters. The minimum Gasteiger partial charge on any atom is -0.326 e. The normalized spacial score (nSPS) is 18.2. The van der Waals surface area contributed by atoms with Crippen molar-refractivity contribution >= 4 is 49.3 Å². The van der Waals surface area contributed by atoms with Crippen molar-refractivity contribution in [2.24, 2.45) is 5.92 Å². The minimum absolute atomic E-state index is 0.135. The van der Waals surface area contributed by atoms with Crippen LogP contribution in [-0.4, -0.2) is 38.0 Å². The van der Waals surface area contributed by atoms with E-state index in [0.717, 1.165) is 15.1 Å². The number of nitrogens with zero attached hydrogens (tertiary/aromatic N) is 1. The van der Waals surface area contributed by atoms with Gasteiger partial charge in [-0.05, 0) is 61.6 Å². The number of piperidine rings is 1. The lowest BCUT2D eigenvalue weighted by Gasteiger charge is -2.31. The van der Waals surface area contributed by atoms with E-state index in [1.165, 1.54) is 4.31 Å². The molecule has 1 aliphatic heterocycles. The molecule has 3 rings (SSSR count). The van der Waals surface area contributed by atoms with Crippen LogP contribution in [0.3, 0.4) is 0 Å². The number of rotatable bonds is 5. The summed E-state index contributed by atoms with van der Waals surface area (Å²) >= 11 is 4.92. The Balaban J connectivity index is 1.71. The molecule has 8 heteroatoms. The van der Waals surface area contributed by atoms with Gasteiger partial charge >= 0.3 is 0 Å². The SMILES string of the molecule is CSc1cccc(NC(=O)[C@H]2CCCN(S(=O)(=O)c3ccc(Br)cc3)C2)c1. The van der Waals surface area contributed by atoms with Crippen molar-refractivity contribution < 1.29 is 13.2 Å². The first-order valence-electron chi connectivity index (χ1n) is 8.61. The first-order valence-corrected chi connectivity index (χ1v) is 12.1. The number of carbonyl (C=O) groups excluding carboxylic acids is 1. The first-order chi connectivity index (χ1) is 12.9. The summed E-state index contributed by atoms with van der Waals surface area (Å²) < 4.78 is 28.0. The second-order valence-corrected chi connectivity index (χ2v) is 10.1. The zero-order valence-corrected chi connectivity index (χ0v) is 18.1. The lowest BCUT2D eigenvalue weighted by molar-refractivity contribution is -0.120. The summed E-state index contributed by atoms with van der Waals surface area (Å²) in [6.07, 6.45) is 3.33. The Labute approximate surface area is 172 Å². The molecule has 5 nitrogen and oxygen atoms in total. The Morgan fingerprint density at radius 2 is 1.96 bits per heavy atom. The lowest BCUT2D eigenvalue weighted by Crippen LogP contribution is -2.43. The zero-order valence-electron chi connectivity index (χ0n) is 14.9. The second kappa shape index (κ2) is 8.77. The fraction of sp³-hybridized carbons (Fsp3) is 0.316. The number of benzene rings is 2. The summed E-state index contributed by atoms with van der Waals surface area (Å²) in [6.45, 7) is 0.636. The average molecular weight is 469 g/mol. The van der Waals surface area contributed by atoms with Gasteiger partial charge in [-0.25, -0.2) is 8.42 Å². The number of hydrogen-bond donors (Lipinski definition) is 1. The van der Waals surface area contributed by atoms with Gasteiger partial charge in [0.1, 0.15) is 0 Å². The molecule has 1 N–H and O–H groups in total. The van der Waals surface area contributed by atoms with Crippen LogP contribution in [-0.2, 0) is 14.8 Å². The standard InChI is InChI=1S/C19H21BrN2O3S2/c1-26-17-6-2-5-16(12-17)21-19(23)14-4-3-11-22(13-14)27(24,25)18-9-7-15(20)8-10-18/h2,5-10,12,14H,3-4,11,13H2,1H3,(H,21,23)/t14-/m0/s1. The Bertz CT molecular complexity index is 917. The van der Waals surface area contributed by atoms with Crippen molar-refractivity contribution in [1.82, 2.24) is 4.31 Å². The van der Waals surface area contributed by atoms with Gasteiger partial charge < -0.3 is 5.32 Å². The van der Waals surface area contributed by atoms with Gasteiger partial charge in [-0.2, -0.15) is 4.31 Å². The highest BCUT2D eigenvalue weighted by molar-refractivity contribution is 9.10. The van der Waals surface area contributed by atoms with E-state index in [4.69, 9.17) is 0 Å². The highest BCUT2D eigenvalue weighted by atomic mass is 79.9. The number of amides is 1. The monoisotopic (exact) mass is 468 g/mol. The molecular formula is C19H21BrN2O3S2. The molecule has 0 aliphatic carbocycles. The molecule has 27 heavy (non-hydrogen) atoms. The Morgan fingerprint density at radius 1 is 1.22 bits per heavy atom. The van der Waals surface area contributed by atoms with Crippen LogP contribution in [0.2, 0.25) is 0 Å². The molecule has 1 saturated heterocycles. The molecule has 2 aromatic rings. The van der Waals surface area contributed by atoms with Crippen molar-refractivity contribution in [3.63, 3.8) is 0 Å². The van der Waals surface area contributed by atoms with Crippen LogP contribution < -0.4 is 5.32 Å². The van der Waals surface area contributed by atoms with E-state index in [0.29, 0.717) is 19.4 Å². The quantitative estimate of drug-likeness (QED) is 0.667. The Hall–Kier alpha value is -1.35. The highest BCUT2D eigenvalue weighted by Gasteiger charge is 2.33. The number of halogens is 1. The van der Waals surface area contributed by atoms with E-state index >= 15 is 0 Å². The van der Waals surface area contributed by atoms with E-state index in [-0.39, 0.29) is 23.3 Å². The van der Waals surface area contributed by atoms with E-state index < -0.39 is 10.0 Å². The number of anilines is 1. The number of nitrogens with one attached hydrogen (secondary N) is 1. The van der Waals surface area contributed by atoms with Crippen molar-refractivity contribution in [1.29, 1.82) is 0 Å². The molecule has 0 saturated carbocycles. The van der Waals surface area contributed by atoms with E-state index in [9.17, 15) is 13.2 Å². The molecule has 1 aliphatic rings. The molecule has 0 spiro atoms. The molecule has 144 valence electrons. The van der Waals surface area contributed by atoms with Crippen molar-refractivity contribution in [3.8, 4) is 0 Å². The Kier molecular flexibility index (Phi) is 6.62. The topological polar surface area (TPSA) is 66.5 Å². The van der Waals surface area contributed by atoms with Gasteiger partial charge in [-0.15, -0.1) is 11.8 Å². The van der Waals surface area contributed by atoms with E-state index in [1.54, 1.807) is 36.0 Å². The largest absolute Gasteiger partial charge is 0.326 e. The van der Waals surface area contributed by atoms with Crippen LogP contribution in [0.4, 0.5) is 5.69 Å². The van der Waals surface area contributed by atoms with E-state index in [2.05, 4.69) is 21.2 Å². The van der Waals surface area contributed by atoms with Gasteiger partial charge in [-0.1, -0.05) is 22.0 Å². The molecule has 0 bridgehead atoms. The van der Waals surface area contributed by atoms with Crippen LogP contribution in [0.25, 0.3) is 0 Å². The van der Waals surface area contributed by atoms with Crippen LogP contribution in [0.1, 0.15) is 12.8 Å². The maximum absolute atomic E-state index is 12.9. The molecule has 0 unspecified atom stereocenters. The fourth-order valence-electron chi connectivity index (χ4n) is 3.08. The second-order valence-electron chi connectivity index (χ2n) is 6.38. The van der Waals surface area contributed by atoms with Crippen molar-refractivity contribution in [2.45, 2.75) is 22.6 Å². The summed E-state index contributed by atoms with van der Waals surface area (Å²) in [5.74, 6) is -0.495. The summed E-state index contributed by atoms with van der Waals surface area (Å²) in [5.41, 5.74) is 0.736. The van der Waals surface area contributed by atoms with Gasteiger partial charge in [0.15, 0.2) is 0 Å². The summed E-state index contributed by atoms with van der Waals surface area (Å²) in [6, 6.07) is 14.2. The molecule has 1 heterocycles. The molecular weight excluding hydrogens is 448 g/mol. The van der Waals surface area contributed by atoms with Crippen LogP contribution in [0, 0.1) is 5.92 Å². The summed E-state index contributed by atoms with van der Waals surface area (Å²) in [5, 5.41) is 2.93. The number of thioether (sulfide) groups is 1. The predicted molar refractivity (Wildman–Crippen MR) is 112 cm³/mol. The third-order valence-electron chi connectivity index (χ3n) is 4.54. The van der Waals surface area contributed by atoms with Crippen LogP contribution in [0.15, 0.2) is 62.8 Å². The third kappa shape index (κ3) is 4.93. The number of carbonyl (C=O) groups is 1. The van der Waals surface area contributed by atoms with Gasteiger partial charge in [0.2, 0.25) is 15.9 Å². The van der Waals surface area contributed by atoms with Crippen LogP contribution >= 0.6 is 27.7 Å². The number of hydrogen-bond acceptors (Lipinski definition) is 4. The van der Waals surface area contributed by atoms with E-state index in [1.807, 2.05) is 30.5 Å². The Morgan fingerprint density at radius 3 is 2.67 bits per heavy atom. The highest BCUT2D eigenvalue weighted by Crippen LogP contribution is 2.26. The molecule has 0 radical (unpaired) electrons. The first kappa shape index (κ1) is 20.4. The van der Waals surface area contributed by atoms with Gasteiger partial charge in [0.25, 0.3) is 0 Å². The fourth-order valence-corrected chi connectivity index (χ4v) is 5.32. The maximum Gasteiger partial charge on any atom is 0.243 e. The molecule has 0 aromatic heterocycles. The van der Waals surface area contributed by atoms with Gasteiger partial charge in [0.05, 0.1) is 10.8 Å². The zero-order chi connectivity index (χ0) is 19.4. The summed E-state index contributed by atoms with van der Waals surface area (Å²) in [7, 11) is -3.60. The lowest BCUT2D eigenvalue weighted by atomic mass is 9.99. The number of sulfonamides is 1. The molecule has 1 fully saturated rings. The van der Waals surface area contributed by atoms with Gasteiger partial charge in [-0.3, -0.25) is 4.79 Å². The molecule has 1 amide bonds. The van der Waals surface area contributed by atoms with Crippen LogP contribution in [0.5, 0.6) is 0 Å². The summed E-state index contributed by atoms with van der Waals surface area (Å²) in [4.78, 5) is 14.0. The van der Waals surface area contributed by atoms with Crippen molar-refractivity contribution in [3.05, 3.63) is 53.0 Å². The smallest absolute Gasteiger partial charge is 0.243 e. The molecule has 2 aromatic carbocycles. The average Bonchev–Trinajstić information content (AvgIpc) is 2.68. The third-order valence-corrected chi connectivity index (χ3v) is 7.68.